The van der Waals surface area contributed by atoms with E-state index in [2.05, 4.69) is 65.3 Å². The van der Waals surface area contributed by atoms with Crippen molar-refractivity contribution < 1.29 is 28.5 Å². The van der Waals surface area contributed by atoms with Gasteiger partial charge >= 0.3 is 0 Å². The van der Waals surface area contributed by atoms with E-state index < -0.39 is 0 Å². The van der Waals surface area contributed by atoms with E-state index in [1.54, 1.807) is 40.6 Å². The Labute approximate surface area is 496 Å². The molecule has 0 saturated carbocycles. The van der Waals surface area contributed by atoms with Crippen molar-refractivity contribution in [2.75, 3.05) is 141 Å². The Hall–Kier alpha value is -6.97. The maximum atomic E-state index is 13.4. The maximum Gasteiger partial charge on any atom is 0.253 e. The molecule has 6 aromatic rings. The number of hydrogen-bond acceptors (Lipinski definition) is 18. The summed E-state index contributed by atoms with van der Waals surface area (Å²) >= 11 is 0. The summed E-state index contributed by atoms with van der Waals surface area (Å²) in [6.45, 7) is 12.7. The number of fused-ring (bicyclic) bond motifs is 2. The standard InChI is InChI=1S/C62H88N14O6.ClH/c1-79-53-39-49-51(41-55(53)81-3)69-61(71-57(49)63)75-35-31-73(32-36-75)59(77)47-21-17-45(18-22-47)43-67-29-15-9-7-13-27-65-25-11-5-6-12-26-66-28-14-8-10-16-30-68-44-46-19-23-48(24-20-46)60(78)74-33-37-76(38-34-74)62-70-52-42-56(82-4)54(80-2)40-50(52)58(64)72-62;/h17-24,39-42,65-68H,5-16,25-38,43-44H2,1-4H3,(H2,63,69,71)(H2,64,70,72);1H. The van der Waals surface area contributed by atoms with Crippen LogP contribution < -0.4 is 61.5 Å². The topological polar surface area (TPSA) is 236 Å². The van der Waals surface area contributed by atoms with Gasteiger partial charge in [0.15, 0.2) is 23.0 Å². The number of nitrogens with one attached hydrogen (secondary N) is 4. The maximum absolute atomic E-state index is 13.4. The molecule has 0 aliphatic carbocycles. The average Bonchev–Trinajstić information content (AvgIpc) is 3.55. The molecule has 450 valence electrons. The molecule has 2 saturated heterocycles. The first kappa shape index (κ1) is 63.6. The molecule has 2 aromatic heterocycles. The van der Waals surface area contributed by atoms with Crippen LogP contribution in [0.25, 0.3) is 21.8 Å². The molecular formula is C62H89ClN14O6. The van der Waals surface area contributed by atoms with Crippen molar-refractivity contribution in [3.63, 3.8) is 0 Å². The number of hydrogen-bond donors (Lipinski definition) is 6. The van der Waals surface area contributed by atoms with E-state index in [0.29, 0.717) is 132 Å². The predicted molar refractivity (Wildman–Crippen MR) is 335 cm³/mol. The van der Waals surface area contributed by atoms with Crippen molar-refractivity contribution in [3.05, 3.63) is 95.1 Å². The number of nitrogens with two attached hydrogens (primary N) is 2. The van der Waals surface area contributed by atoms with E-state index in [0.717, 1.165) is 65.2 Å². The van der Waals surface area contributed by atoms with E-state index in [4.69, 9.17) is 40.4 Å². The van der Waals surface area contributed by atoms with Gasteiger partial charge < -0.3 is 71.3 Å². The number of unbranched alkanes of at least 4 members (excludes halogenated alkanes) is 9. The number of aromatic nitrogens is 4. The second kappa shape index (κ2) is 33.4. The summed E-state index contributed by atoms with van der Waals surface area (Å²) < 4.78 is 21.7. The van der Waals surface area contributed by atoms with E-state index >= 15 is 0 Å². The van der Waals surface area contributed by atoms with Crippen molar-refractivity contribution >= 4 is 69.6 Å². The van der Waals surface area contributed by atoms with Gasteiger partial charge in [0, 0.05) is 99.5 Å². The Morgan fingerprint density at radius 1 is 0.422 bits per heavy atom. The minimum Gasteiger partial charge on any atom is -0.493 e. The summed E-state index contributed by atoms with van der Waals surface area (Å²) in [6.07, 6.45) is 14.8. The molecule has 2 amide bonds. The first-order valence-corrected chi connectivity index (χ1v) is 29.6. The normalized spacial score (nSPS) is 13.6. The number of carbonyl (C=O) groups is 2. The molecule has 21 heteroatoms. The largest absolute Gasteiger partial charge is 0.493 e. The zero-order valence-electron chi connectivity index (χ0n) is 49.3. The highest BCUT2D eigenvalue weighted by Crippen LogP contribution is 2.36. The van der Waals surface area contributed by atoms with E-state index in [1.807, 2.05) is 46.2 Å². The number of methoxy groups -OCH3 is 4. The van der Waals surface area contributed by atoms with Gasteiger partial charge in [-0.25, -0.2) is 9.97 Å². The third kappa shape index (κ3) is 18.3. The Kier molecular flexibility index (Phi) is 25.6. The molecule has 2 aliphatic heterocycles. The number of piperazine rings is 2. The smallest absolute Gasteiger partial charge is 0.253 e. The van der Waals surface area contributed by atoms with Crippen LogP contribution in [0.5, 0.6) is 23.0 Å². The van der Waals surface area contributed by atoms with Gasteiger partial charge in [0.25, 0.3) is 11.8 Å². The van der Waals surface area contributed by atoms with Gasteiger partial charge in [0.05, 0.1) is 39.5 Å². The number of nitrogens with zero attached hydrogens (tertiary/aromatic N) is 8. The molecule has 4 aromatic carbocycles. The molecule has 8 N–H and O–H groups in total. The molecular weight excluding hydrogens is 1070 g/mol. The average molecular weight is 1160 g/mol. The number of benzene rings is 4. The fraction of sp³-hybridized carbons (Fsp3) is 0.516. The molecule has 4 heterocycles. The van der Waals surface area contributed by atoms with Crippen molar-refractivity contribution in [3.8, 4) is 23.0 Å². The number of rotatable bonds is 33. The van der Waals surface area contributed by atoms with Gasteiger partial charge in [0.1, 0.15) is 11.6 Å². The zero-order valence-corrected chi connectivity index (χ0v) is 50.1. The lowest BCUT2D eigenvalue weighted by Crippen LogP contribution is -2.49. The summed E-state index contributed by atoms with van der Waals surface area (Å²) in [7, 11) is 6.35. The fourth-order valence-corrected chi connectivity index (χ4v) is 10.6. The first-order chi connectivity index (χ1) is 40.2. The third-order valence-electron chi connectivity index (χ3n) is 15.6. The first-order valence-electron chi connectivity index (χ1n) is 29.6. The van der Waals surface area contributed by atoms with Gasteiger partial charge in [-0.15, -0.1) is 12.4 Å². The van der Waals surface area contributed by atoms with Gasteiger partial charge in [0.2, 0.25) is 11.9 Å². The monoisotopic (exact) mass is 1160 g/mol. The van der Waals surface area contributed by atoms with Crippen LogP contribution in [0.15, 0.2) is 72.8 Å². The van der Waals surface area contributed by atoms with Gasteiger partial charge in [-0.2, -0.15) is 9.97 Å². The van der Waals surface area contributed by atoms with Crippen molar-refractivity contribution in [1.29, 1.82) is 0 Å². The molecule has 0 radical (unpaired) electrons. The van der Waals surface area contributed by atoms with Gasteiger partial charge in [-0.1, -0.05) is 62.8 Å². The Morgan fingerprint density at radius 3 is 1.04 bits per heavy atom. The Balaban J connectivity index is 0.00000990. The van der Waals surface area contributed by atoms with Crippen LogP contribution in [0.4, 0.5) is 23.5 Å². The molecule has 8 rings (SSSR count). The highest BCUT2D eigenvalue weighted by Gasteiger charge is 2.27. The Bertz CT molecular complexity index is 2760. The molecule has 20 nitrogen and oxygen atoms in total. The number of carbonyl (C=O) groups excluding carboxylic acids is 2. The fourth-order valence-electron chi connectivity index (χ4n) is 10.6. The van der Waals surface area contributed by atoms with Crippen LogP contribution in [-0.2, 0) is 13.1 Å². The summed E-state index contributed by atoms with van der Waals surface area (Å²) in [6, 6.07) is 23.2. The molecule has 0 bridgehead atoms. The van der Waals surface area contributed by atoms with Crippen molar-refractivity contribution in [1.82, 2.24) is 51.0 Å². The minimum absolute atomic E-state index is 0. The number of halogens is 1. The second-order valence-corrected chi connectivity index (χ2v) is 21.3. The number of ether oxygens (including phenoxy) is 4. The zero-order chi connectivity index (χ0) is 57.5. The lowest BCUT2D eigenvalue weighted by molar-refractivity contribution is 0.0739. The third-order valence-corrected chi connectivity index (χ3v) is 15.6. The van der Waals surface area contributed by atoms with Crippen molar-refractivity contribution in [2.45, 2.75) is 90.1 Å². The van der Waals surface area contributed by atoms with E-state index in [9.17, 15) is 9.59 Å². The molecule has 83 heavy (non-hydrogen) atoms. The minimum atomic E-state index is 0. The van der Waals surface area contributed by atoms with Crippen LogP contribution in [0, 0.1) is 0 Å². The summed E-state index contributed by atoms with van der Waals surface area (Å²) in [5.41, 5.74) is 17.8. The molecule has 2 aliphatic rings. The van der Waals surface area contributed by atoms with Crippen LogP contribution in [0.1, 0.15) is 109 Å². The quantitative estimate of drug-likeness (QED) is 0.0215. The Morgan fingerprint density at radius 2 is 0.723 bits per heavy atom. The van der Waals surface area contributed by atoms with E-state index in [-0.39, 0.29) is 24.2 Å². The highest BCUT2D eigenvalue weighted by molar-refractivity contribution is 5.96. The van der Waals surface area contributed by atoms with Gasteiger partial charge in [-0.05, 0) is 125 Å². The number of anilines is 4. The number of amides is 2. The lowest BCUT2D eigenvalue weighted by Gasteiger charge is -2.35. The SMILES string of the molecule is COc1cc2nc(N3CCN(C(=O)c4ccc(CNCCCCCCNCCCCCCNCCCCCCNCc5ccc(C(=O)N6CCN(c7nc(N)c8cc(OC)c(OC)cc8n7)CC6)cc5)cc4)CC3)nc(N)c2cc1OC.Cl. The van der Waals surface area contributed by atoms with Crippen LogP contribution in [0.2, 0.25) is 0 Å². The summed E-state index contributed by atoms with van der Waals surface area (Å²) in [5, 5.41) is 15.8. The molecule has 0 spiro atoms. The number of nitrogen functional groups attached to an aromatic ring is 2. The van der Waals surface area contributed by atoms with Crippen LogP contribution in [-0.4, -0.2) is 162 Å². The predicted octanol–water partition coefficient (Wildman–Crippen LogP) is 7.86. The summed E-state index contributed by atoms with van der Waals surface area (Å²) in [4.78, 5) is 53.3. The van der Waals surface area contributed by atoms with Crippen molar-refractivity contribution in [2.24, 2.45) is 0 Å². The van der Waals surface area contributed by atoms with E-state index in [1.165, 1.54) is 75.3 Å². The second-order valence-electron chi connectivity index (χ2n) is 21.3. The lowest BCUT2D eigenvalue weighted by atomic mass is 10.1. The van der Waals surface area contributed by atoms with Gasteiger partial charge in [-0.3, -0.25) is 9.59 Å². The highest BCUT2D eigenvalue weighted by atomic mass is 35.5. The summed E-state index contributed by atoms with van der Waals surface area (Å²) in [5.74, 6) is 4.23. The van der Waals surface area contributed by atoms with Crippen LogP contribution >= 0.6 is 12.4 Å². The molecule has 0 unspecified atom stereocenters. The van der Waals surface area contributed by atoms with Crippen LogP contribution in [0.3, 0.4) is 0 Å². The molecule has 0 atom stereocenters. The molecule has 2 fully saturated rings.